The number of para-hydroxylation sites is 2. The van der Waals surface area contributed by atoms with E-state index in [-0.39, 0.29) is 12.2 Å². The first-order valence-electron chi connectivity index (χ1n) is 9.30. The third-order valence-corrected chi connectivity index (χ3v) is 5.39. The Morgan fingerprint density at radius 2 is 1.84 bits per heavy atom. The van der Waals surface area contributed by atoms with Crippen LogP contribution in [-0.2, 0) is 4.74 Å². The molecule has 6 heteroatoms. The van der Waals surface area contributed by atoms with Gasteiger partial charge in [0.15, 0.2) is 11.5 Å². The summed E-state index contributed by atoms with van der Waals surface area (Å²) in [6, 6.07) is 7.87. The third kappa shape index (κ3) is 4.00. The van der Waals surface area contributed by atoms with E-state index >= 15 is 0 Å². The van der Waals surface area contributed by atoms with Gasteiger partial charge < -0.3 is 19.1 Å². The van der Waals surface area contributed by atoms with Gasteiger partial charge in [-0.05, 0) is 50.4 Å². The SMILES string of the molecule is O=C1OCCN1CCC1CCN(C[C@@H]2COc3ccccc3O2)CC1. The van der Waals surface area contributed by atoms with E-state index in [2.05, 4.69) is 4.90 Å². The van der Waals surface area contributed by atoms with E-state index in [1.807, 2.05) is 29.2 Å². The van der Waals surface area contributed by atoms with Gasteiger partial charge in [0.1, 0.15) is 19.3 Å². The number of nitrogens with zero attached hydrogens (tertiary/aromatic N) is 2. The van der Waals surface area contributed by atoms with Gasteiger partial charge in [0, 0.05) is 13.1 Å². The summed E-state index contributed by atoms with van der Waals surface area (Å²) in [5, 5.41) is 0. The zero-order chi connectivity index (χ0) is 17.1. The quantitative estimate of drug-likeness (QED) is 0.819. The monoisotopic (exact) mass is 346 g/mol. The fourth-order valence-electron chi connectivity index (χ4n) is 3.87. The van der Waals surface area contributed by atoms with Crippen LogP contribution >= 0.6 is 0 Å². The van der Waals surface area contributed by atoms with E-state index in [0.717, 1.165) is 50.6 Å². The Morgan fingerprint density at radius 3 is 2.60 bits per heavy atom. The standard InChI is InChI=1S/C19H26N2O4/c22-19-21(11-12-23-19)10-7-15-5-8-20(9-6-15)13-16-14-24-17-3-1-2-4-18(17)25-16/h1-4,15-16H,5-14H2/t16-/m1/s1. The Kier molecular flexibility index (Phi) is 4.97. The predicted octanol–water partition coefficient (Wildman–Crippen LogP) is 2.38. The number of likely N-dealkylation sites (tertiary alicyclic amines) is 1. The summed E-state index contributed by atoms with van der Waals surface area (Å²) in [6.07, 6.45) is 3.41. The van der Waals surface area contributed by atoms with E-state index in [4.69, 9.17) is 14.2 Å². The number of amides is 1. The molecular weight excluding hydrogens is 320 g/mol. The van der Waals surface area contributed by atoms with Crippen LogP contribution in [-0.4, -0.2) is 67.9 Å². The summed E-state index contributed by atoms with van der Waals surface area (Å²) in [4.78, 5) is 15.8. The van der Waals surface area contributed by atoms with Crippen LogP contribution in [0.3, 0.4) is 0 Å². The van der Waals surface area contributed by atoms with Crippen molar-refractivity contribution in [3.05, 3.63) is 24.3 Å². The lowest BCUT2D eigenvalue weighted by atomic mass is 9.93. The Morgan fingerprint density at radius 1 is 1.04 bits per heavy atom. The van der Waals surface area contributed by atoms with Crippen LogP contribution in [0.1, 0.15) is 19.3 Å². The molecule has 3 aliphatic rings. The first kappa shape index (κ1) is 16.5. The molecule has 0 aromatic heterocycles. The van der Waals surface area contributed by atoms with Gasteiger partial charge in [0.05, 0.1) is 6.54 Å². The summed E-state index contributed by atoms with van der Waals surface area (Å²) in [7, 11) is 0. The molecule has 4 rings (SSSR count). The molecule has 0 spiro atoms. The topological polar surface area (TPSA) is 51.2 Å². The van der Waals surface area contributed by atoms with Crippen molar-refractivity contribution in [1.82, 2.24) is 9.80 Å². The summed E-state index contributed by atoms with van der Waals surface area (Å²) >= 11 is 0. The summed E-state index contributed by atoms with van der Waals surface area (Å²) < 4.78 is 16.9. The van der Waals surface area contributed by atoms with E-state index in [1.54, 1.807) is 0 Å². The number of carbonyl (C=O) groups is 1. The molecule has 2 saturated heterocycles. The lowest BCUT2D eigenvalue weighted by Crippen LogP contribution is -2.44. The zero-order valence-corrected chi connectivity index (χ0v) is 14.6. The average molecular weight is 346 g/mol. The second-order valence-corrected chi connectivity index (χ2v) is 7.13. The summed E-state index contributed by atoms with van der Waals surface area (Å²) in [6.45, 7) is 5.85. The van der Waals surface area contributed by atoms with E-state index in [1.165, 1.54) is 12.8 Å². The highest BCUT2D eigenvalue weighted by molar-refractivity contribution is 5.69. The summed E-state index contributed by atoms with van der Waals surface area (Å²) in [5.41, 5.74) is 0. The van der Waals surface area contributed by atoms with Crippen LogP contribution in [0, 0.1) is 5.92 Å². The molecular formula is C19H26N2O4. The number of carbonyl (C=O) groups excluding carboxylic acids is 1. The minimum atomic E-state index is -0.146. The molecule has 0 radical (unpaired) electrons. The molecule has 0 saturated carbocycles. The van der Waals surface area contributed by atoms with Gasteiger partial charge >= 0.3 is 6.09 Å². The number of fused-ring (bicyclic) bond motifs is 1. The molecule has 6 nitrogen and oxygen atoms in total. The number of piperidine rings is 1. The van der Waals surface area contributed by atoms with Gasteiger partial charge in [-0.3, -0.25) is 4.90 Å². The maximum Gasteiger partial charge on any atom is 0.409 e. The molecule has 1 aromatic carbocycles. The molecule has 1 atom stereocenters. The van der Waals surface area contributed by atoms with Crippen LogP contribution in [0.25, 0.3) is 0 Å². The van der Waals surface area contributed by atoms with Crippen LogP contribution in [0.15, 0.2) is 24.3 Å². The third-order valence-electron chi connectivity index (χ3n) is 5.39. The van der Waals surface area contributed by atoms with Crippen molar-refractivity contribution in [2.75, 3.05) is 45.9 Å². The van der Waals surface area contributed by atoms with Gasteiger partial charge in [0.2, 0.25) is 0 Å². The molecule has 0 aliphatic carbocycles. The van der Waals surface area contributed by atoms with Crippen molar-refractivity contribution in [2.24, 2.45) is 5.92 Å². The minimum Gasteiger partial charge on any atom is -0.486 e. The highest BCUT2D eigenvalue weighted by atomic mass is 16.6. The average Bonchev–Trinajstić information content (AvgIpc) is 3.06. The second-order valence-electron chi connectivity index (χ2n) is 7.13. The Balaban J connectivity index is 1.19. The first-order chi connectivity index (χ1) is 12.3. The van der Waals surface area contributed by atoms with Gasteiger partial charge in [0.25, 0.3) is 0 Å². The van der Waals surface area contributed by atoms with Crippen molar-refractivity contribution in [2.45, 2.75) is 25.4 Å². The number of hydrogen-bond acceptors (Lipinski definition) is 5. The molecule has 3 aliphatic heterocycles. The van der Waals surface area contributed by atoms with E-state index in [9.17, 15) is 4.79 Å². The van der Waals surface area contributed by atoms with Gasteiger partial charge in [-0.1, -0.05) is 12.1 Å². The molecule has 0 unspecified atom stereocenters. The fourth-order valence-corrected chi connectivity index (χ4v) is 3.87. The molecule has 25 heavy (non-hydrogen) atoms. The van der Waals surface area contributed by atoms with Crippen LogP contribution < -0.4 is 9.47 Å². The smallest absolute Gasteiger partial charge is 0.409 e. The van der Waals surface area contributed by atoms with Crippen molar-refractivity contribution >= 4 is 6.09 Å². The van der Waals surface area contributed by atoms with Crippen LogP contribution in [0.4, 0.5) is 4.79 Å². The van der Waals surface area contributed by atoms with E-state index in [0.29, 0.717) is 19.1 Å². The molecule has 3 heterocycles. The van der Waals surface area contributed by atoms with Crippen LogP contribution in [0.2, 0.25) is 0 Å². The fraction of sp³-hybridized carbons (Fsp3) is 0.632. The maximum atomic E-state index is 11.5. The Hall–Kier alpha value is -1.95. The van der Waals surface area contributed by atoms with E-state index < -0.39 is 0 Å². The highest BCUT2D eigenvalue weighted by Crippen LogP contribution is 2.31. The van der Waals surface area contributed by atoms with Crippen molar-refractivity contribution in [1.29, 1.82) is 0 Å². The molecule has 1 aromatic rings. The number of cyclic esters (lactones) is 1. The van der Waals surface area contributed by atoms with Gasteiger partial charge in [-0.2, -0.15) is 0 Å². The molecule has 0 N–H and O–H groups in total. The first-order valence-corrected chi connectivity index (χ1v) is 9.30. The summed E-state index contributed by atoms with van der Waals surface area (Å²) in [5.74, 6) is 2.40. The number of hydrogen-bond donors (Lipinski definition) is 0. The van der Waals surface area contributed by atoms with Gasteiger partial charge in [-0.15, -0.1) is 0 Å². The number of ether oxygens (including phenoxy) is 3. The minimum absolute atomic E-state index is 0.103. The zero-order valence-electron chi connectivity index (χ0n) is 14.6. The van der Waals surface area contributed by atoms with Crippen molar-refractivity contribution < 1.29 is 19.0 Å². The maximum absolute atomic E-state index is 11.5. The molecule has 2 fully saturated rings. The Labute approximate surface area is 148 Å². The lowest BCUT2D eigenvalue weighted by molar-refractivity contribution is 0.0467. The van der Waals surface area contributed by atoms with Crippen molar-refractivity contribution in [3.8, 4) is 11.5 Å². The highest BCUT2D eigenvalue weighted by Gasteiger charge is 2.27. The Bertz CT molecular complexity index is 601. The predicted molar refractivity (Wildman–Crippen MR) is 93.1 cm³/mol. The van der Waals surface area contributed by atoms with Gasteiger partial charge in [-0.25, -0.2) is 4.79 Å². The normalized spacial score (nSPS) is 24.4. The number of rotatable bonds is 5. The molecule has 136 valence electrons. The number of benzene rings is 1. The second kappa shape index (κ2) is 7.52. The largest absolute Gasteiger partial charge is 0.486 e. The lowest BCUT2D eigenvalue weighted by Gasteiger charge is -2.36. The van der Waals surface area contributed by atoms with Crippen LogP contribution in [0.5, 0.6) is 11.5 Å². The van der Waals surface area contributed by atoms with Crippen molar-refractivity contribution in [3.63, 3.8) is 0 Å². The molecule has 0 bridgehead atoms. The molecule has 1 amide bonds.